The van der Waals surface area contributed by atoms with Crippen LogP contribution in [0.1, 0.15) is 50.0 Å². The van der Waals surface area contributed by atoms with Gasteiger partial charge >= 0.3 is 11.9 Å². The number of likely N-dealkylation sites (tertiary alicyclic amines) is 1. The van der Waals surface area contributed by atoms with Crippen LogP contribution in [0.4, 0.5) is 0 Å². The number of aliphatic hydroxyl groups excluding tert-OH is 1. The van der Waals surface area contributed by atoms with Gasteiger partial charge in [-0.2, -0.15) is 0 Å². The number of carbonyl (C=O) groups is 4. The van der Waals surface area contributed by atoms with Crippen LogP contribution in [0.15, 0.2) is 115 Å². The third-order valence-electron chi connectivity index (χ3n) is 8.80. The topological polar surface area (TPSA) is 136 Å². The van der Waals surface area contributed by atoms with E-state index in [1.807, 2.05) is 91.0 Å². The Balaban J connectivity index is 1.79. The molecule has 0 unspecified atom stereocenters. The number of thiocarbonyl (C=S) groups is 1. The first-order valence-corrected chi connectivity index (χ1v) is 18.7. The molecule has 0 bridgehead atoms. The SMILES string of the molecule is C[C@@H](O)[C@H]1C(=O)N(C(C(=O)OCOC(=O)C(C)(C)C)=P(c2ccccc2)(c2ccccc2)c2ccccc2)[C@@H]1CC(=O)c1cccc(C(N)=S)c1. The van der Waals surface area contributed by atoms with Gasteiger partial charge in [0.1, 0.15) is 10.4 Å². The standard InChI is InChI=1S/C40H41N2O7PS/c1-26(43)34-32(24-33(44)27-15-14-16-28(23-27)35(41)51)42(36(34)45)37(38(46)48-25-49-39(47)40(2,3)4)50(29-17-8-5-9-18-29,30-19-10-6-11-20-30)31-21-12-7-13-22-31/h5-23,26,32,34,43H,24-25H2,1-4H3,(H2,41,51)/t26-,32-,34-/m1/s1. The number of ether oxygens (including phenoxy) is 2. The molecule has 3 atom stereocenters. The van der Waals surface area contributed by atoms with Crippen molar-refractivity contribution in [1.82, 2.24) is 4.90 Å². The minimum absolute atomic E-state index is 0.00510. The summed E-state index contributed by atoms with van der Waals surface area (Å²) in [5, 5.41) is 13.1. The number of carbonyl (C=O) groups excluding carboxylic acids is 4. The zero-order chi connectivity index (χ0) is 36.9. The molecule has 1 saturated heterocycles. The van der Waals surface area contributed by atoms with E-state index < -0.39 is 55.0 Å². The van der Waals surface area contributed by atoms with Crippen molar-refractivity contribution < 1.29 is 33.8 Å². The van der Waals surface area contributed by atoms with Gasteiger partial charge in [0, 0.05) is 24.4 Å². The molecule has 4 aromatic rings. The second-order valence-corrected chi connectivity index (χ2v) is 17.1. The molecular weight excluding hydrogens is 683 g/mol. The van der Waals surface area contributed by atoms with E-state index in [1.165, 1.54) is 11.8 Å². The molecule has 0 spiro atoms. The summed E-state index contributed by atoms with van der Waals surface area (Å²) >= 11 is 5.13. The van der Waals surface area contributed by atoms with Crippen molar-refractivity contribution in [3.63, 3.8) is 0 Å². The van der Waals surface area contributed by atoms with Crippen molar-refractivity contribution in [3.8, 4) is 0 Å². The number of hydrogen-bond acceptors (Lipinski definition) is 8. The summed E-state index contributed by atoms with van der Waals surface area (Å²) in [6.07, 6.45) is -1.37. The van der Waals surface area contributed by atoms with E-state index >= 15 is 0 Å². The molecule has 0 saturated carbocycles. The minimum Gasteiger partial charge on any atom is -0.427 e. The molecule has 0 aliphatic carbocycles. The summed E-state index contributed by atoms with van der Waals surface area (Å²) in [5.41, 5.74) is 5.80. The maximum atomic E-state index is 14.8. The highest BCUT2D eigenvalue weighted by atomic mass is 32.1. The first-order valence-electron chi connectivity index (χ1n) is 16.5. The van der Waals surface area contributed by atoms with Crippen LogP contribution < -0.4 is 21.6 Å². The number of ketones is 1. The maximum absolute atomic E-state index is 14.8. The van der Waals surface area contributed by atoms with Crippen LogP contribution in [0.5, 0.6) is 0 Å². The Morgan fingerprint density at radius 3 is 1.76 bits per heavy atom. The number of rotatable bonds is 12. The van der Waals surface area contributed by atoms with E-state index in [0.717, 1.165) is 15.9 Å². The van der Waals surface area contributed by atoms with Gasteiger partial charge in [-0.05, 0) is 49.7 Å². The molecule has 0 radical (unpaired) electrons. The molecule has 1 aliphatic rings. The Hall–Kier alpha value is -4.89. The number of aliphatic hydroxyl groups is 1. The fourth-order valence-corrected chi connectivity index (χ4v) is 10.8. The summed E-state index contributed by atoms with van der Waals surface area (Å²) in [6, 6.07) is 33.8. The molecule has 264 valence electrons. The van der Waals surface area contributed by atoms with Gasteiger partial charge in [0.2, 0.25) is 12.7 Å². The molecule has 1 amide bonds. The molecule has 3 N–H and O–H groups in total. The van der Waals surface area contributed by atoms with Crippen molar-refractivity contribution in [2.24, 2.45) is 17.1 Å². The maximum Gasteiger partial charge on any atom is 0.358 e. The van der Waals surface area contributed by atoms with Crippen molar-refractivity contribution in [3.05, 3.63) is 126 Å². The summed E-state index contributed by atoms with van der Waals surface area (Å²) in [4.78, 5) is 57.3. The Kier molecular flexibility index (Phi) is 11.4. The average Bonchev–Trinajstić information content (AvgIpc) is 3.12. The third-order valence-corrected chi connectivity index (χ3v) is 13.3. The number of amides is 1. The molecule has 51 heavy (non-hydrogen) atoms. The number of hydrogen-bond donors (Lipinski definition) is 2. The number of nitrogens with zero attached hydrogens (tertiary/aromatic N) is 1. The average molecular weight is 725 g/mol. The highest BCUT2D eigenvalue weighted by molar-refractivity contribution is 7.96. The first-order chi connectivity index (χ1) is 24.3. The van der Waals surface area contributed by atoms with Gasteiger partial charge in [0.05, 0.1) is 23.5 Å². The Morgan fingerprint density at radius 1 is 0.824 bits per heavy atom. The number of β-lactam (4-membered cyclic amide) rings is 1. The van der Waals surface area contributed by atoms with Gasteiger partial charge in [-0.15, -0.1) is 0 Å². The van der Waals surface area contributed by atoms with Crippen LogP contribution in [0.25, 0.3) is 0 Å². The lowest BCUT2D eigenvalue weighted by Gasteiger charge is -2.50. The van der Waals surface area contributed by atoms with Crippen LogP contribution in [-0.2, 0) is 23.9 Å². The zero-order valence-electron chi connectivity index (χ0n) is 28.9. The van der Waals surface area contributed by atoms with Crippen LogP contribution in [0.3, 0.4) is 0 Å². The minimum atomic E-state index is -3.32. The van der Waals surface area contributed by atoms with Gasteiger partial charge in [-0.3, -0.25) is 14.4 Å². The third kappa shape index (κ3) is 7.59. The quantitative estimate of drug-likeness (QED) is 0.0547. The fraction of sp³-hybridized carbons (Fsp3) is 0.250. The second kappa shape index (κ2) is 15.6. The lowest BCUT2D eigenvalue weighted by molar-refractivity contribution is -0.171. The fourth-order valence-electron chi connectivity index (χ4n) is 6.31. The zero-order valence-corrected chi connectivity index (χ0v) is 30.6. The van der Waals surface area contributed by atoms with E-state index in [2.05, 4.69) is 0 Å². The van der Waals surface area contributed by atoms with Gasteiger partial charge < -0.3 is 25.2 Å². The first kappa shape index (κ1) is 37.4. The number of esters is 2. The molecule has 5 rings (SSSR count). The highest BCUT2D eigenvalue weighted by Gasteiger charge is 2.55. The number of benzene rings is 4. The normalized spacial score (nSPS) is 16.4. The second-order valence-electron chi connectivity index (χ2n) is 13.3. The number of nitrogens with two attached hydrogens (primary N) is 1. The van der Waals surface area contributed by atoms with Crippen LogP contribution in [0.2, 0.25) is 0 Å². The molecule has 1 heterocycles. The van der Waals surface area contributed by atoms with E-state index in [-0.39, 0.29) is 22.6 Å². The monoisotopic (exact) mass is 724 g/mol. The van der Waals surface area contributed by atoms with Crippen LogP contribution >= 0.6 is 19.1 Å². The van der Waals surface area contributed by atoms with Gasteiger partial charge in [-0.25, -0.2) is 4.79 Å². The summed E-state index contributed by atoms with van der Waals surface area (Å²) in [6.45, 7) is 2.50. The summed E-state index contributed by atoms with van der Waals surface area (Å²) in [7, 11) is 0. The molecule has 0 aromatic heterocycles. The summed E-state index contributed by atoms with van der Waals surface area (Å²) in [5.74, 6) is -3.35. The lowest BCUT2D eigenvalue weighted by atomic mass is 9.79. The predicted octanol–water partition coefficient (Wildman–Crippen LogP) is 4.32. The van der Waals surface area contributed by atoms with E-state index in [0.29, 0.717) is 11.1 Å². The Morgan fingerprint density at radius 2 is 1.31 bits per heavy atom. The smallest absolute Gasteiger partial charge is 0.358 e. The van der Waals surface area contributed by atoms with Crippen molar-refractivity contribution >= 4 is 69.1 Å². The highest BCUT2D eigenvalue weighted by Crippen LogP contribution is 2.50. The predicted molar refractivity (Wildman–Crippen MR) is 204 cm³/mol. The van der Waals surface area contributed by atoms with Gasteiger partial charge in [0.25, 0.3) is 0 Å². The Bertz CT molecular complexity index is 1890. The molecule has 4 aromatic carbocycles. The van der Waals surface area contributed by atoms with Gasteiger partial charge in [-0.1, -0.05) is 121 Å². The van der Waals surface area contributed by atoms with Crippen LogP contribution in [-0.4, -0.2) is 63.0 Å². The van der Waals surface area contributed by atoms with E-state index in [1.54, 1.807) is 45.0 Å². The van der Waals surface area contributed by atoms with Crippen LogP contribution in [0, 0.1) is 11.3 Å². The molecule has 11 heteroatoms. The molecule has 9 nitrogen and oxygen atoms in total. The van der Waals surface area contributed by atoms with Crippen molar-refractivity contribution in [2.45, 2.75) is 46.3 Å². The van der Waals surface area contributed by atoms with Gasteiger partial charge in [0.15, 0.2) is 5.78 Å². The molecule has 1 aliphatic heterocycles. The summed E-state index contributed by atoms with van der Waals surface area (Å²) < 4.78 is 11.1. The van der Waals surface area contributed by atoms with E-state index in [4.69, 9.17) is 27.4 Å². The van der Waals surface area contributed by atoms with E-state index in [9.17, 15) is 24.3 Å². The number of Topliss-reactive ketones (excluding diaryl/α,β-unsaturated/α-hetero) is 1. The molecular formula is C40H41N2O7PS. The largest absolute Gasteiger partial charge is 0.427 e. The lowest BCUT2D eigenvalue weighted by Crippen LogP contribution is -2.68. The van der Waals surface area contributed by atoms with Crippen molar-refractivity contribution in [2.75, 3.05) is 6.79 Å². The molecule has 1 fully saturated rings. The van der Waals surface area contributed by atoms with Crippen molar-refractivity contribution in [1.29, 1.82) is 0 Å². The Labute approximate surface area is 303 Å².